The van der Waals surface area contributed by atoms with Gasteiger partial charge >= 0.3 is 0 Å². The Bertz CT molecular complexity index is 425. The van der Waals surface area contributed by atoms with Crippen LogP contribution in [0.1, 0.15) is 44.2 Å². The fourth-order valence-corrected chi connectivity index (χ4v) is 3.47. The topological polar surface area (TPSA) is 15.3 Å². The van der Waals surface area contributed by atoms with E-state index >= 15 is 0 Å². The quantitative estimate of drug-likeness (QED) is 0.867. The van der Waals surface area contributed by atoms with Crippen LogP contribution in [0.2, 0.25) is 5.02 Å². The average molecular weight is 329 g/mol. The zero-order valence-electron chi connectivity index (χ0n) is 12.7. The highest BCUT2D eigenvalue weighted by molar-refractivity contribution is 6.30. The van der Waals surface area contributed by atoms with Crippen molar-refractivity contribution in [3.8, 4) is 0 Å². The summed E-state index contributed by atoms with van der Waals surface area (Å²) in [7, 11) is 0. The summed E-state index contributed by atoms with van der Waals surface area (Å²) >= 11 is 6.00. The molecule has 1 aliphatic heterocycles. The zero-order valence-corrected chi connectivity index (χ0v) is 14.3. The summed E-state index contributed by atoms with van der Waals surface area (Å²) in [6.45, 7) is 5.97. The maximum absolute atomic E-state index is 6.00. The number of halogens is 2. The van der Waals surface area contributed by atoms with Crippen molar-refractivity contribution < 1.29 is 0 Å². The van der Waals surface area contributed by atoms with Crippen LogP contribution in [0.15, 0.2) is 24.3 Å². The van der Waals surface area contributed by atoms with Gasteiger partial charge in [0, 0.05) is 23.7 Å². The molecule has 1 heterocycles. The standard InChI is InChI=1S/C17H25ClN2.ClH/c1-13(15-4-6-16(18)7-5-15)20(17-8-9-17)12-14-3-2-10-19-11-14;/h4-7,13-14,17,19H,2-3,8-12H2,1H3;1H. The van der Waals surface area contributed by atoms with Crippen molar-refractivity contribution in [2.75, 3.05) is 19.6 Å². The minimum atomic E-state index is 0. The molecule has 21 heavy (non-hydrogen) atoms. The highest BCUT2D eigenvalue weighted by atomic mass is 35.5. The van der Waals surface area contributed by atoms with Gasteiger partial charge in [-0.05, 0) is 69.3 Å². The molecular weight excluding hydrogens is 303 g/mol. The van der Waals surface area contributed by atoms with Crippen molar-refractivity contribution in [2.45, 2.75) is 44.7 Å². The summed E-state index contributed by atoms with van der Waals surface area (Å²) in [5.41, 5.74) is 1.39. The van der Waals surface area contributed by atoms with Crippen LogP contribution >= 0.6 is 24.0 Å². The van der Waals surface area contributed by atoms with Crippen LogP contribution in [0.4, 0.5) is 0 Å². The van der Waals surface area contributed by atoms with E-state index in [4.69, 9.17) is 11.6 Å². The van der Waals surface area contributed by atoms with E-state index < -0.39 is 0 Å². The molecule has 4 heteroatoms. The van der Waals surface area contributed by atoms with Crippen LogP contribution in [-0.4, -0.2) is 30.6 Å². The van der Waals surface area contributed by atoms with E-state index in [0.717, 1.165) is 17.0 Å². The van der Waals surface area contributed by atoms with Gasteiger partial charge in [-0.3, -0.25) is 4.90 Å². The first-order chi connectivity index (χ1) is 9.74. The van der Waals surface area contributed by atoms with E-state index in [-0.39, 0.29) is 12.4 Å². The van der Waals surface area contributed by atoms with Crippen molar-refractivity contribution >= 4 is 24.0 Å². The van der Waals surface area contributed by atoms with Gasteiger partial charge in [0.2, 0.25) is 0 Å². The average Bonchev–Trinajstić information content (AvgIpc) is 3.30. The molecule has 0 amide bonds. The highest BCUT2D eigenvalue weighted by Crippen LogP contribution is 2.35. The number of nitrogens with zero attached hydrogens (tertiary/aromatic N) is 1. The predicted octanol–water partition coefficient (Wildman–Crippen LogP) is 4.29. The molecule has 2 nitrogen and oxygen atoms in total. The van der Waals surface area contributed by atoms with Crippen molar-refractivity contribution in [1.82, 2.24) is 10.2 Å². The minimum Gasteiger partial charge on any atom is -0.316 e. The van der Waals surface area contributed by atoms with E-state index in [1.165, 1.54) is 50.9 Å². The third kappa shape index (κ3) is 4.59. The number of hydrogen-bond acceptors (Lipinski definition) is 2. The first-order valence-corrected chi connectivity index (χ1v) is 8.34. The third-order valence-electron chi connectivity index (χ3n) is 4.73. The Balaban J connectivity index is 0.00000161. The lowest BCUT2D eigenvalue weighted by Gasteiger charge is -2.34. The predicted molar refractivity (Wildman–Crippen MR) is 92.4 cm³/mol. The van der Waals surface area contributed by atoms with Crippen molar-refractivity contribution in [3.63, 3.8) is 0 Å². The highest BCUT2D eigenvalue weighted by Gasteiger charge is 2.34. The van der Waals surface area contributed by atoms with Crippen LogP contribution in [0.3, 0.4) is 0 Å². The molecule has 2 atom stereocenters. The number of hydrogen-bond donors (Lipinski definition) is 1. The first kappa shape index (κ1) is 17.1. The van der Waals surface area contributed by atoms with E-state index in [2.05, 4.69) is 29.3 Å². The molecule has 0 aromatic heterocycles. The number of nitrogens with one attached hydrogen (secondary N) is 1. The molecule has 1 saturated carbocycles. The maximum atomic E-state index is 6.00. The SMILES string of the molecule is CC(c1ccc(Cl)cc1)N(CC1CCCNC1)C1CC1.Cl. The van der Waals surface area contributed by atoms with Crippen LogP contribution in [0, 0.1) is 5.92 Å². The van der Waals surface area contributed by atoms with Gasteiger partial charge in [0.05, 0.1) is 0 Å². The lowest BCUT2D eigenvalue weighted by Crippen LogP contribution is -2.40. The molecule has 118 valence electrons. The summed E-state index contributed by atoms with van der Waals surface area (Å²) in [6, 6.07) is 9.70. The minimum absolute atomic E-state index is 0. The van der Waals surface area contributed by atoms with Gasteiger partial charge in [0.25, 0.3) is 0 Å². The molecule has 0 bridgehead atoms. The smallest absolute Gasteiger partial charge is 0.0406 e. The van der Waals surface area contributed by atoms with Gasteiger partial charge < -0.3 is 5.32 Å². The lowest BCUT2D eigenvalue weighted by atomic mass is 9.97. The molecule has 2 fully saturated rings. The molecule has 1 aromatic rings. The fraction of sp³-hybridized carbons (Fsp3) is 0.647. The molecular formula is C17H26Cl2N2. The molecule has 1 aromatic carbocycles. The Kier molecular flexibility index (Phi) is 6.36. The summed E-state index contributed by atoms with van der Waals surface area (Å²) in [5, 5.41) is 4.37. The Morgan fingerprint density at radius 1 is 1.24 bits per heavy atom. The Morgan fingerprint density at radius 3 is 2.52 bits per heavy atom. The molecule has 0 spiro atoms. The number of benzene rings is 1. The first-order valence-electron chi connectivity index (χ1n) is 7.96. The lowest BCUT2D eigenvalue weighted by molar-refractivity contribution is 0.154. The van der Waals surface area contributed by atoms with Gasteiger partial charge in [-0.25, -0.2) is 0 Å². The third-order valence-corrected chi connectivity index (χ3v) is 4.99. The van der Waals surface area contributed by atoms with Crippen LogP contribution in [0.25, 0.3) is 0 Å². The van der Waals surface area contributed by atoms with Crippen molar-refractivity contribution in [1.29, 1.82) is 0 Å². The Morgan fingerprint density at radius 2 is 1.95 bits per heavy atom. The molecule has 3 rings (SSSR count). The van der Waals surface area contributed by atoms with Gasteiger partial charge in [0.1, 0.15) is 0 Å². The second kappa shape index (κ2) is 7.82. The summed E-state index contributed by atoms with van der Waals surface area (Å²) < 4.78 is 0. The number of rotatable bonds is 5. The van der Waals surface area contributed by atoms with Crippen LogP contribution < -0.4 is 5.32 Å². The second-order valence-electron chi connectivity index (χ2n) is 6.37. The molecule has 1 saturated heterocycles. The molecule has 1 aliphatic carbocycles. The zero-order chi connectivity index (χ0) is 13.9. The normalized spacial score (nSPS) is 23.7. The van der Waals surface area contributed by atoms with Gasteiger partial charge in [-0.2, -0.15) is 0 Å². The van der Waals surface area contributed by atoms with Crippen LogP contribution in [0.5, 0.6) is 0 Å². The number of piperidine rings is 1. The van der Waals surface area contributed by atoms with Gasteiger partial charge in [-0.1, -0.05) is 23.7 Å². The van der Waals surface area contributed by atoms with E-state index in [0.29, 0.717) is 6.04 Å². The summed E-state index contributed by atoms with van der Waals surface area (Å²) in [5.74, 6) is 0.819. The fourth-order valence-electron chi connectivity index (χ4n) is 3.34. The molecule has 0 radical (unpaired) electrons. The van der Waals surface area contributed by atoms with Crippen molar-refractivity contribution in [2.24, 2.45) is 5.92 Å². The monoisotopic (exact) mass is 328 g/mol. The molecule has 1 N–H and O–H groups in total. The Labute approximate surface area is 139 Å². The van der Waals surface area contributed by atoms with Crippen molar-refractivity contribution in [3.05, 3.63) is 34.9 Å². The largest absolute Gasteiger partial charge is 0.316 e. The Hall–Kier alpha value is -0.280. The van der Waals surface area contributed by atoms with Gasteiger partial charge in [0.15, 0.2) is 0 Å². The second-order valence-corrected chi connectivity index (χ2v) is 6.80. The molecule has 2 aliphatic rings. The maximum Gasteiger partial charge on any atom is 0.0406 e. The summed E-state index contributed by atoms with van der Waals surface area (Å²) in [4.78, 5) is 2.72. The van der Waals surface area contributed by atoms with Crippen LogP contribution in [-0.2, 0) is 0 Å². The van der Waals surface area contributed by atoms with Gasteiger partial charge in [-0.15, -0.1) is 12.4 Å². The van der Waals surface area contributed by atoms with E-state index in [9.17, 15) is 0 Å². The van der Waals surface area contributed by atoms with E-state index in [1.807, 2.05) is 12.1 Å². The molecule has 2 unspecified atom stereocenters. The summed E-state index contributed by atoms with van der Waals surface area (Å²) in [6.07, 6.45) is 5.46. The van der Waals surface area contributed by atoms with E-state index in [1.54, 1.807) is 0 Å².